The van der Waals surface area contributed by atoms with Crippen LogP contribution in [0.5, 0.6) is 5.75 Å². The lowest BCUT2D eigenvalue weighted by Crippen LogP contribution is -2.44. The second kappa shape index (κ2) is 10.7. The third-order valence-corrected chi connectivity index (χ3v) is 7.05. The van der Waals surface area contributed by atoms with Gasteiger partial charge in [-0.15, -0.1) is 0 Å². The van der Waals surface area contributed by atoms with Gasteiger partial charge in [0.05, 0.1) is 27.5 Å². The molecule has 39 heavy (non-hydrogen) atoms. The summed E-state index contributed by atoms with van der Waals surface area (Å²) in [6.07, 6.45) is -5.00. The third kappa shape index (κ3) is 6.54. The molecule has 4 rings (SSSR count). The average molecular weight is 585 g/mol. The molecule has 5 nitrogen and oxygen atoms in total. The fraction of sp³-hybridized carbons (Fsp3) is 0.357. The van der Waals surface area contributed by atoms with E-state index < -0.39 is 47.5 Å². The number of rotatable bonds is 9. The number of pyridine rings is 1. The standard InChI is InChI=1S/C28H26Cl2F4N2O3/c1-26(2,35)17-13-22(15-3-7-21(31)19(29)11-15)36-25(14-17)27(38,28(32,33)34)10-9-23(37)16-4-8-24(20(30)12-16)39-18-5-6-18/h3-4,7-8,11-14,18,38H,5-6,9-10,35H2,1-2H3. The molecule has 1 atom stereocenters. The van der Waals surface area contributed by atoms with Crippen LogP contribution in [0, 0.1) is 5.82 Å². The molecule has 1 saturated carbocycles. The monoisotopic (exact) mass is 584 g/mol. The summed E-state index contributed by atoms with van der Waals surface area (Å²) in [5, 5.41) is 11.0. The van der Waals surface area contributed by atoms with Gasteiger partial charge >= 0.3 is 6.18 Å². The Balaban J connectivity index is 1.69. The first-order chi connectivity index (χ1) is 18.1. The van der Waals surface area contributed by atoms with Crippen LogP contribution in [0.4, 0.5) is 17.6 Å². The van der Waals surface area contributed by atoms with Crippen LogP contribution >= 0.6 is 23.2 Å². The van der Waals surface area contributed by atoms with Crippen LogP contribution < -0.4 is 10.5 Å². The van der Waals surface area contributed by atoms with E-state index in [1.165, 1.54) is 36.4 Å². The smallest absolute Gasteiger partial charge is 0.422 e. The van der Waals surface area contributed by atoms with Gasteiger partial charge < -0.3 is 15.6 Å². The highest BCUT2D eigenvalue weighted by atomic mass is 35.5. The maximum Gasteiger partial charge on any atom is 0.422 e. The van der Waals surface area contributed by atoms with Gasteiger partial charge in [-0.3, -0.25) is 4.79 Å². The van der Waals surface area contributed by atoms with Crippen molar-refractivity contribution in [3.05, 3.63) is 81.2 Å². The summed E-state index contributed by atoms with van der Waals surface area (Å²) in [4.78, 5) is 16.9. The van der Waals surface area contributed by atoms with Crippen LogP contribution in [-0.2, 0) is 11.1 Å². The number of aromatic nitrogens is 1. The summed E-state index contributed by atoms with van der Waals surface area (Å²) in [7, 11) is 0. The predicted molar refractivity (Wildman–Crippen MR) is 140 cm³/mol. The van der Waals surface area contributed by atoms with Crippen molar-refractivity contribution in [1.29, 1.82) is 0 Å². The molecule has 0 spiro atoms. The Hall–Kier alpha value is -2.72. The number of hydrogen-bond acceptors (Lipinski definition) is 5. The minimum atomic E-state index is -5.20. The Kier molecular flexibility index (Phi) is 8.02. The highest BCUT2D eigenvalue weighted by Gasteiger charge is 2.56. The van der Waals surface area contributed by atoms with Crippen molar-refractivity contribution in [3.63, 3.8) is 0 Å². The van der Waals surface area contributed by atoms with Gasteiger partial charge in [-0.05, 0) is 87.2 Å². The number of alkyl halides is 3. The Morgan fingerprint density at radius 3 is 2.33 bits per heavy atom. The van der Waals surface area contributed by atoms with Crippen LogP contribution in [0.25, 0.3) is 11.3 Å². The molecule has 0 amide bonds. The van der Waals surface area contributed by atoms with Crippen LogP contribution in [0.3, 0.4) is 0 Å². The summed E-state index contributed by atoms with van der Waals surface area (Å²) in [5.41, 5.74) is 1.34. The van der Waals surface area contributed by atoms with Crippen molar-refractivity contribution in [2.45, 2.75) is 63.0 Å². The summed E-state index contributed by atoms with van der Waals surface area (Å²) in [6, 6.07) is 10.3. The zero-order chi connectivity index (χ0) is 28.8. The molecule has 3 aromatic rings. The Labute approximate surface area is 232 Å². The molecule has 1 aliphatic rings. The molecule has 1 aliphatic carbocycles. The lowest BCUT2D eigenvalue weighted by atomic mass is 9.86. The molecule has 1 unspecified atom stereocenters. The van der Waals surface area contributed by atoms with Gasteiger partial charge in [-0.25, -0.2) is 9.37 Å². The minimum Gasteiger partial charge on any atom is -0.489 e. The number of nitrogens with zero attached hydrogens (tertiary/aromatic N) is 1. The summed E-state index contributed by atoms with van der Waals surface area (Å²) < 4.78 is 62.6. The molecule has 208 valence electrons. The highest BCUT2D eigenvalue weighted by molar-refractivity contribution is 6.32. The fourth-order valence-electron chi connectivity index (χ4n) is 3.91. The molecule has 3 N–H and O–H groups in total. The van der Waals surface area contributed by atoms with Crippen LogP contribution in [0.1, 0.15) is 61.1 Å². The largest absolute Gasteiger partial charge is 0.489 e. The summed E-state index contributed by atoms with van der Waals surface area (Å²) in [5.74, 6) is -0.978. The van der Waals surface area contributed by atoms with Crippen molar-refractivity contribution in [2.24, 2.45) is 5.73 Å². The van der Waals surface area contributed by atoms with Gasteiger partial charge in [-0.2, -0.15) is 13.2 Å². The second-order valence-electron chi connectivity index (χ2n) is 10.2. The van der Waals surface area contributed by atoms with Crippen LogP contribution in [0.2, 0.25) is 10.0 Å². The number of ketones is 1. The minimum absolute atomic E-state index is 0.00467. The van der Waals surface area contributed by atoms with Gasteiger partial charge in [0, 0.05) is 23.1 Å². The molecular formula is C28H26Cl2F4N2O3. The molecular weight excluding hydrogens is 559 g/mol. The number of ether oxygens (including phenoxy) is 1. The number of nitrogens with two attached hydrogens (primary N) is 1. The van der Waals surface area contributed by atoms with E-state index >= 15 is 0 Å². The molecule has 0 radical (unpaired) electrons. The Morgan fingerprint density at radius 2 is 1.77 bits per heavy atom. The number of carbonyl (C=O) groups excluding carboxylic acids is 1. The number of carbonyl (C=O) groups is 1. The molecule has 11 heteroatoms. The van der Waals surface area contributed by atoms with Gasteiger partial charge in [-0.1, -0.05) is 23.2 Å². The average Bonchev–Trinajstić information content (AvgIpc) is 3.68. The zero-order valence-electron chi connectivity index (χ0n) is 21.1. The Bertz CT molecular complexity index is 1400. The number of aliphatic hydroxyl groups is 1. The lowest BCUT2D eigenvalue weighted by Gasteiger charge is -2.32. The van der Waals surface area contributed by atoms with E-state index in [0.717, 1.165) is 25.0 Å². The summed E-state index contributed by atoms with van der Waals surface area (Å²) >= 11 is 12.1. The van der Waals surface area contributed by atoms with E-state index in [1.807, 2.05) is 0 Å². The predicted octanol–water partition coefficient (Wildman–Crippen LogP) is 7.34. The number of halogens is 6. The normalized spacial score (nSPS) is 15.6. The first kappa shape index (κ1) is 29.3. The number of hydrogen-bond donors (Lipinski definition) is 2. The second-order valence-corrected chi connectivity index (χ2v) is 11.0. The summed E-state index contributed by atoms with van der Waals surface area (Å²) in [6.45, 7) is 3.15. The van der Waals surface area contributed by atoms with E-state index in [-0.39, 0.29) is 38.5 Å². The van der Waals surface area contributed by atoms with Crippen molar-refractivity contribution in [1.82, 2.24) is 4.98 Å². The van der Waals surface area contributed by atoms with Crippen molar-refractivity contribution >= 4 is 29.0 Å². The number of Topliss-reactive ketones (excluding diaryl/α,β-unsaturated/α-hetero) is 1. The van der Waals surface area contributed by atoms with E-state index in [1.54, 1.807) is 13.8 Å². The van der Waals surface area contributed by atoms with Gasteiger partial charge in [0.25, 0.3) is 0 Å². The molecule has 2 aromatic carbocycles. The first-order valence-electron chi connectivity index (χ1n) is 12.1. The quantitative estimate of drug-likeness (QED) is 0.203. The number of benzene rings is 2. The molecule has 1 aromatic heterocycles. The molecule has 0 saturated heterocycles. The van der Waals surface area contributed by atoms with Gasteiger partial charge in [0.1, 0.15) is 11.6 Å². The third-order valence-electron chi connectivity index (χ3n) is 6.46. The Morgan fingerprint density at radius 1 is 1.08 bits per heavy atom. The van der Waals surface area contributed by atoms with Gasteiger partial charge in [0.2, 0.25) is 5.60 Å². The molecule has 0 bridgehead atoms. The van der Waals surface area contributed by atoms with E-state index in [9.17, 15) is 27.5 Å². The molecule has 0 aliphatic heterocycles. The van der Waals surface area contributed by atoms with Crippen molar-refractivity contribution in [2.75, 3.05) is 0 Å². The fourth-order valence-corrected chi connectivity index (χ4v) is 4.31. The SMILES string of the molecule is CC(C)(N)c1cc(-c2ccc(F)c(Cl)c2)nc(C(O)(CCC(=O)c2ccc(OC3CC3)c(Cl)c2)C(F)(F)F)c1. The first-order valence-corrected chi connectivity index (χ1v) is 12.9. The lowest BCUT2D eigenvalue weighted by molar-refractivity contribution is -0.270. The van der Waals surface area contributed by atoms with E-state index in [2.05, 4.69) is 4.98 Å². The van der Waals surface area contributed by atoms with Crippen molar-refractivity contribution in [3.8, 4) is 17.0 Å². The zero-order valence-corrected chi connectivity index (χ0v) is 22.6. The van der Waals surface area contributed by atoms with Crippen LogP contribution in [-0.4, -0.2) is 28.2 Å². The van der Waals surface area contributed by atoms with Crippen molar-refractivity contribution < 1.29 is 32.2 Å². The van der Waals surface area contributed by atoms with Gasteiger partial charge in [0.15, 0.2) is 5.78 Å². The maximum absolute atomic E-state index is 14.4. The van der Waals surface area contributed by atoms with E-state index in [4.69, 9.17) is 33.7 Å². The van der Waals surface area contributed by atoms with Crippen LogP contribution in [0.15, 0.2) is 48.5 Å². The molecule has 1 fully saturated rings. The van der Waals surface area contributed by atoms with E-state index in [0.29, 0.717) is 5.75 Å². The highest BCUT2D eigenvalue weighted by Crippen LogP contribution is 2.44. The maximum atomic E-state index is 14.4. The molecule has 1 heterocycles. The topological polar surface area (TPSA) is 85.4 Å².